The second kappa shape index (κ2) is 3.96. The van der Waals surface area contributed by atoms with Gasteiger partial charge < -0.3 is 4.74 Å². The molecule has 82 valence electrons. The van der Waals surface area contributed by atoms with Crippen molar-refractivity contribution in [1.29, 1.82) is 0 Å². The van der Waals surface area contributed by atoms with E-state index in [1.807, 2.05) is 6.20 Å². The molecule has 2 rings (SSSR count). The Kier molecular flexibility index (Phi) is 2.82. The van der Waals surface area contributed by atoms with E-state index in [2.05, 4.69) is 39.9 Å². The molecule has 1 atom stereocenters. The average molecular weight is 272 g/mol. The Hall–Kier alpha value is -0.840. The van der Waals surface area contributed by atoms with Gasteiger partial charge in [-0.05, 0) is 6.42 Å². The lowest BCUT2D eigenvalue weighted by molar-refractivity contribution is 0.181. The quantitative estimate of drug-likeness (QED) is 0.775. The van der Waals surface area contributed by atoms with Gasteiger partial charge in [0, 0.05) is 10.7 Å². The normalized spacial score (nSPS) is 26.9. The molecule has 2 heterocycles. The highest BCUT2D eigenvalue weighted by molar-refractivity contribution is 9.09. The van der Waals surface area contributed by atoms with Gasteiger partial charge in [-0.3, -0.25) is 0 Å². The largest absolute Gasteiger partial charge is 0.492 e. The van der Waals surface area contributed by atoms with Crippen LogP contribution in [0.1, 0.15) is 20.3 Å². The van der Waals surface area contributed by atoms with Gasteiger partial charge in [0.1, 0.15) is 24.5 Å². The van der Waals surface area contributed by atoms with E-state index in [4.69, 9.17) is 4.74 Å². The Morgan fingerprint density at radius 3 is 3.07 bits per heavy atom. The first kappa shape index (κ1) is 10.7. The molecule has 1 unspecified atom stereocenters. The molecule has 1 fully saturated rings. The lowest BCUT2D eigenvalue weighted by Gasteiger charge is -2.15. The monoisotopic (exact) mass is 271 g/mol. The number of hydrogen-bond acceptors (Lipinski definition) is 3. The summed E-state index contributed by atoms with van der Waals surface area (Å²) >= 11 is 3.45. The van der Waals surface area contributed by atoms with Gasteiger partial charge in [-0.2, -0.15) is 5.10 Å². The molecule has 0 amide bonds. The molecule has 0 aliphatic carbocycles. The molecule has 0 spiro atoms. The number of alkyl halides is 1. The van der Waals surface area contributed by atoms with Crippen LogP contribution in [0.5, 0.6) is 0 Å². The molecule has 1 saturated heterocycles. The van der Waals surface area contributed by atoms with Gasteiger partial charge in [-0.1, -0.05) is 29.8 Å². The molecule has 1 aliphatic heterocycles. The first-order chi connectivity index (χ1) is 7.12. The molecule has 0 aromatic carbocycles. The molecule has 1 aromatic rings. The minimum absolute atomic E-state index is 0.0738. The van der Waals surface area contributed by atoms with Crippen LogP contribution < -0.4 is 0 Å². The third kappa shape index (κ3) is 2.22. The summed E-state index contributed by atoms with van der Waals surface area (Å²) in [7, 11) is 0. The maximum absolute atomic E-state index is 5.82. The highest BCUT2D eigenvalue weighted by atomic mass is 79.9. The summed E-state index contributed by atoms with van der Waals surface area (Å²) in [5.41, 5.74) is 0.0738. The molecule has 0 radical (unpaired) electrons. The van der Waals surface area contributed by atoms with E-state index in [0.29, 0.717) is 0 Å². The lowest BCUT2D eigenvalue weighted by Crippen LogP contribution is -2.10. The Morgan fingerprint density at radius 2 is 2.53 bits per heavy atom. The molecule has 0 N–H and O–H groups in total. The Bertz CT molecular complexity index is 359. The van der Waals surface area contributed by atoms with Gasteiger partial charge in [-0.25, -0.2) is 9.67 Å². The van der Waals surface area contributed by atoms with Gasteiger partial charge in [0.15, 0.2) is 0 Å². The van der Waals surface area contributed by atoms with E-state index in [-0.39, 0.29) is 11.5 Å². The fraction of sp³-hybridized carbons (Fsp3) is 0.600. The second-order valence-electron chi connectivity index (χ2n) is 4.35. The van der Waals surface area contributed by atoms with E-state index in [9.17, 15) is 0 Å². The molecule has 4 nitrogen and oxygen atoms in total. The van der Waals surface area contributed by atoms with E-state index >= 15 is 0 Å². The van der Waals surface area contributed by atoms with Gasteiger partial charge in [0.25, 0.3) is 0 Å². The molecular formula is C10H14BrN3O. The first-order valence-electron chi connectivity index (χ1n) is 4.91. The maximum Gasteiger partial charge on any atom is 0.138 e. The van der Waals surface area contributed by atoms with Crippen LogP contribution in [0.4, 0.5) is 0 Å². The Labute approximate surface area is 97.5 Å². The summed E-state index contributed by atoms with van der Waals surface area (Å²) in [6.07, 6.45) is 6.36. The molecule has 1 aliphatic rings. The number of ether oxygens (including phenoxy) is 1. The van der Waals surface area contributed by atoms with Gasteiger partial charge >= 0.3 is 0 Å². The van der Waals surface area contributed by atoms with Gasteiger partial charge in [0.2, 0.25) is 0 Å². The zero-order chi connectivity index (χ0) is 10.9. The topological polar surface area (TPSA) is 39.9 Å². The lowest BCUT2D eigenvalue weighted by atomic mass is 9.88. The molecule has 0 bridgehead atoms. The Balaban J connectivity index is 2.22. The molecule has 5 heteroatoms. The third-order valence-electron chi connectivity index (χ3n) is 2.56. The van der Waals surface area contributed by atoms with Crippen LogP contribution in [0.3, 0.4) is 0 Å². The smallest absolute Gasteiger partial charge is 0.138 e. The van der Waals surface area contributed by atoms with Crippen LogP contribution in [0.15, 0.2) is 18.4 Å². The number of allylic oxidation sites excluding steroid dienone is 1. The number of rotatable bonds is 2. The molecule has 0 saturated carbocycles. The number of halogens is 1. The molecular weight excluding hydrogens is 258 g/mol. The summed E-state index contributed by atoms with van der Waals surface area (Å²) in [6.45, 7) is 4.36. The van der Waals surface area contributed by atoms with Crippen LogP contribution in [0, 0.1) is 5.41 Å². The van der Waals surface area contributed by atoms with Crippen molar-refractivity contribution in [2.24, 2.45) is 5.41 Å². The second-order valence-corrected chi connectivity index (χ2v) is 5.00. The van der Waals surface area contributed by atoms with Crippen molar-refractivity contribution in [2.45, 2.75) is 26.4 Å². The summed E-state index contributed by atoms with van der Waals surface area (Å²) in [4.78, 5) is 3.89. The fourth-order valence-corrected chi connectivity index (χ4v) is 2.11. The predicted molar refractivity (Wildman–Crippen MR) is 61.4 cm³/mol. The van der Waals surface area contributed by atoms with E-state index in [1.54, 1.807) is 11.0 Å². The summed E-state index contributed by atoms with van der Waals surface area (Å²) < 4.78 is 7.50. The SMILES string of the molecule is CC1(C)CC(CBr)OC1=Cn1cncn1. The van der Waals surface area contributed by atoms with Crippen LogP contribution in [-0.4, -0.2) is 26.2 Å². The minimum Gasteiger partial charge on any atom is -0.492 e. The number of aromatic nitrogens is 3. The molecule has 15 heavy (non-hydrogen) atoms. The van der Waals surface area contributed by atoms with Crippen molar-refractivity contribution in [3.63, 3.8) is 0 Å². The van der Waals surface area contributed by atoms with Crippen LogP contribution in [-0.2, 0) is 4.74 Å². The van der Waals surface area contributed by atoms with Crippen molar-refractivity contribution >= 4 is 22.1 Å². The average Bonchev–Trinajstić information content (AvgIpc) is 2.76. The summed E-state index contributed by atoms with van der Waals surface area (Å²) in [5, 5.41) is 4.90. The van der Waals surface area contributed by atoms with Crippen molar-refractivity contribution in [1.82, 2.24) is 14.8 Å². The highest BCUT2D eigenvalue weighted by Crippen LogP contribution is 2.41. The zero-order valence-electron chi connectivity index (χ0n) is 8.85. The Morgan fingerprint density at radius 1 is 1.73 bits per heavy atom. The number of nitrogens with zero attached hydrogens (tertiary/aromatic N) is 3. The van der Waals surface area contributed by atoms with E-state index < -0.39 is 0 Å². The van der Waals surface area contributed by atoms with E-state index in [1.165, 1.54) is 6.33 Å². The van der Waals surface area contributed by atoms with Crippen LogP contribution in [0.2, 0.25) is 0 Å². The third-order valence-corrected chi connectivity index (χ3v) is 3.28. The van der Waals surface area contributed by atoms with Gasteiger partial charge in [0.05, 0.1) is 6.20 Å². The summed E-state index contributed by atoms with van der Waals surface area (Å²) in [5.74, 6) is 0.970. The fourth-order valence-electron chi connectivity index (χ4n) is 1.75. The summed E-state index contributed by atoms with van der Waals surface area (Å²) in [6, 6.07) is 0. The van der Waals surface area contributed by atoms with Gasteiger partial charge in [-0.15, -0.1) is 0 Å². The van der Waals surface area contributed by atoms with Crippen molar-refractivity contribution < 1.29 is 4.74 Å². The number of hydrogen-bond donors (Lipinski definition) is 0. The van der Waals surface area contributed by atoms with Crippen molar-refractivity contribution in [3.8, 4) is 0 Å². The molecule has 1 aromatic heterocycles. The first-order valence-corrected chi connectivity index (χ1v) is 6.03. The van der Waals surface area contributed by atoms with Crippen molar-refractivity contribution in [2.75, 3.05) is 5.33 Å². The van der Waals surface area contributed by atoms with Crippen LogP contribution >= 0.6 is 15.9 Å². The zero-order valence-corrected chi connectivity index (χ0v) is 10.4. The predicted octanol–water partition coefficient (Wildman–Crippen LogP) is 2.29. The van der Waals surface area contributed by atoms with E-state index in [0.717, 1.165) is 17.5 Å². The minimum atomic E-state index is 0.0738. The van der Waals surface area contributed by atoms with Crippen LogP contribution in [0.25, 0.3) is 6.20 Å². The van der Waals surface area contributed by atoms with Crippen molar-refractivity contribution in [3.05, 3.63) is 18.4 Å². The standard InChI is InChI=1S/C10H14BrN3O/c1-10(2)3-8(4-11)15-9(10)5-14-7-12-6-13-14/h5-8H,3-4H2,1-2H3. The highest BCUT2D eigenvalue weighted by Gasteiger charge is 2.37. The maximum atomic E-state index is 5.82.